The van der Waals surface area contributed by atoms with Crippen molar-refractivity contribution in [3.8, 4) is 0 Å². The molecule has 1 aromatic rings. The summed E-state index contributed by atoms with van der Waals surface area (Å²) >= 11 is 0. The first-order chi connectivity index (χ1) is 9.84. The summed E-state index contributed by atoms with van der Waals surface area (Å²) in [6.45, 7) is 3.72. The number of ether oxygens (including phenoxy) is 1. The van der Waals surface area contributed by atoms with Crippen molar-refractivity contribution in [3.63, 3.8) is 0 Å². The molecule has 20 heavy (non-hydrogen) atoms. The molecule has 108 valence electrons. The Labute approximate surface area is 118 Å². The van der Waals surface area contributed by atoms with Crippen LogP contribution in [0.5, 0.6) is 0 Å². The van der Waals surface area contributed by atoms with Crippen molar-refractivity contribution < 1.29 is 9.53 Å². The molecule has 2 fully saturated rings. The van der Waals surface area contributed by atoms with Crippen LogP contribution in [0.25, 0.3) is 0 Å². The summed E-state index contributed by atoms with van der Waals surface area (Å²) in [5.41, 5.74) is 0. The van der Waals surface area contributed by atoms with Gasteiger partial charge in [0.1, 0.15) is 6.10 Å². The number of carbonyl (C=O) groups excluding carboxylic acids is 1. The molecular formula is C14H20N4O2. The van der Waals surface area contributed by atoms with Crippen molar-refractivity contribution in [2.75, 3.05) is 37.7 Å². The summed E-state index contributed by atoms with van der Waals surface area (Å²) in [4.78, 5) is 24.9. The van der Waals surface area contributed by atoms with Gasteiger partial charge in [0, 0.05) is 45.2 Å². The molecule has 0 aliphatic carbocycles. The highest BCUT2D eigenvalue weighted by Crippen LogP contribution is 2.17. The normalized spacial score (nSPS) is 23.7. The SMILES string of the molecule is O=C(C1CCCCO1)N1CCN(c2ncccn2)CC1. The number of piperazine rings is 1. The summed E-state index contributed by atoms with van der Waals surface area (Å²) in [6, 6.07) is 1.81. The van der Waals surface area contributed by atoms with Crippen molar-refractivity contribution in [1.82, 2.24) is 14.9 Å². The molecule has 1 atom stereocenters. The molecule has 2 aliphatic heterocycles. The minimum absolute atomic E-state index is 0.151. The highest BCUT2D eigenvalue weighted by molar-refractivity contribution is 5.81. The number of amides is 1. The van der Waals surface area contributed by atoms with Gasteiger partial charge in [0.15, 0.2) is 0 Å². The summed E-state index contributed by atoms with van der Waals surface area (Å²) < 4.78 is 5.57. The van der Waals surface area contributed by atoms with E-state index < -0.39 is 0 Å². The van der Waals surface area contributed by atoms with Gasteiger partial charge in [-0.05, 0) is 25.3 Å². The van der Waals surface area contributed by atoms with E-state index in [1.54, 1.807) is 12.4 Å². The van der Waals surface area contributed by atoms with E-state index in [9.17, 15) is 4.79 Å². The molecule has 0 aromatic carbocycles. The van der Waals surface area contributed by atoms with Crippen molar-refractivity contribution in [3.05, 3.63) is 18.5 Å². The van der Waals surface area contributed by atoms with Crippen LogP contribution in [0, 0.1) is 0 Å². The fraction of sp³-hybridized carbons (Fsp3) is 0.643. The number of hydrogen-bond donors (Lipinski definition) is 0. The Morgan fingerprint density at radius 2 is 1.90 bits per heavy atom. The maximum atomic E-state index is 12.3. The van der Waals surface area contributed by atoms with Gasteiger partial charge in [0.2, 0.25) is 5.95 Å². The average Bonchev–Trinajstić information content (AvgIpc) is 2.56. The summed E-state index contributed by atoms with van der Waals surface area (Å²) in [5, 5.41) is 0. The molecule has 2 aliphatic rings. The van der Waals surface area contributed by atoms with E-state index in [0.29, 0.717) is 6.61 Å². The van der Waals surface area contributed by atoms with Crippen LogP contribution in [0.3, 0.4) is 0 Å². The fourth-order valence-electron chi connectivity index (χ4n) is 2.72. The monoisotopic (exact) mass is 276 g/mol. The fourth-order valence-corrected chi connectivity index (χ4v) is 2.72. The largest absolute Gasteiger partial charge is 0.368 e. The van der Waals surface area contributed by atoms with Gasteiger partial charge in [0.25, 0.3) is 5.91 Å². The number of hydrogen-bond acceptors (Lipinski definition) is 5. The van der Waals surface area contributed by atoms with Gasteiger partial charge >= 0.3 is 0 Å². The first-order valence-electron chi connectivity index (χ1n) is 7.27. The Balaban J connectivity index is 1.54. The lowest BCUT2D eigenvalue weighted by molar-refractivity contribution is -0.146. The van der Waals surface area contributed by atoms with E-state index >= 15 is 0 Å². The second-order valence-corrected chi connectivity index (χ2v) is 5.22. The average molecular weight is 276 g/mol. The molecule has 3 rings (SSSR count). The zero-order valence-electron chi connectivity index (χ0n) is 11.6. The third-order valence-corrected chi connectivity index (χ3v) is 3.88. The van der Waals surface area contributed by atoms with Gasteiger partial charge < -0.3 is 14.5 Å². The second-order valence-electron chi connectivity index (χ2n) is 5.22. The smallest absolute Gasteiger partial charge is 0.251 e. The molecule has 0 saturated carbocycles. The zero-order chi connectivity index (χ0) is 13.8. The van der Waals surface area contributed by atoms with Crippen LogP contribution >= 0.6 is 0 Å². The predicted molar refractivity (Wildman–Crippen MR) is 74.4 cm³/mol. The van der Waals surface area contributed by atoms with Crippen LogP contribution < -0.4 is 4.90 Å². The Morgan fingerprint density at radius 1 is 1.15 bits per heavy atom. The first-order valence-corrected chi connectivity index (χ1v) is 7.27. The summed E-state index contributed by atoms with van der Waals surface area (Å²) in [7, 11) is 0. The van der Waals surface area contributed by atoms with Crippen LogP contribution in [0.4, 0.5) is 5.95 Å². The van der Waals surface area contributed by atoms with Gasteiger partial charge in [-0.2, -0.15) is 0 Å². The molecular weight excluding hydrogens is 256 g/mol. The number of aromatic nitrogens is 2. The van der Waals surface area contributed by atoms with Crippen molar-refractivity contribution in [2.45, 2.75) is 25.4 Å². The molecule has 6 heteroatoms. The van der Waals surface area contributed by atoms with Gasteiger partial charge in [0.05, 0.1) is 0 Å². The van der Waals surface area contributed by atoms with Crippen molar-refractivity contribution in [1.29, 1.82) is 0 Å². The van der Waals surface area contributed by atoms with Gasteiger partial charge in [-0.25, -0.2) is 9.97 Å². The molecule has 2 saturated heterocycles. The van der Waals surface area contributed by atoms with Crippen LogP contribution in [-0.2, 0) is 9.53 Å². The zero-order valence-corrected chi connectivity index (χ0v) is 11.6. The van der Waals surface area contributed by atoms with Gasteiger partial charge in [-0.3, -0.25) is 4.79 Å². The highest BCUT2D eigenvalue weighted by Gasteiger charge is 2.29. The molecule has 1 amide bonds. The van der Waals surface area contributed by atoms with E-state index in [2.05, 4.69) is 14.9 Å². The summed E-state index contributed by atoms with van der Waals surface area (Å²) in [6.07, 6.45) is 6.30. The van der Waals surface area contributed by atoms with Crippen LogP contribution in [-0.4, -0.2) is 59.7 Å². The molecule has 0 radical (unpaired) electrons. The highest BCUT2D eigenvalue weighted by atomic mass is 16.5. The molecule has 0 bridgehead atoms. The molecule has 0 spiro atoms. The van der Waals surface area contributed by atoms with E-state index in [-0.39, 0.29) is 12.0 Å². The second kappa shape index (κ2) is 6.17. The van der Waals surface area contributed by atoms with E-state index in [4.69, 9.17) is 4.74 Å². The van der Waals surface area contributed by atoms with Crippen molar-refractivity contribution in [2.24, 2.45) is 0 Å². The minimum atomic E-state index is -0.219. The van der Waals surface area contributed by atoms with E-state index in [0.717, 1.165) is 51.4 Å². The Hall–Kier alpha value is -1.69. The summed E-state index contributed by atoms with van der Waals surface area (Å²) in [5.74, 6) is 0.895. The third-order valence-electron chi connectivity index (χ3n) is 3.88. The number of anilines is 1. The maximum Gasteiger partial charge on any atom is 0.251 e. The maximum absolute atomic E-state index is 12.3. The van der Waals surface area contributed by atoms with E-state index in [1.807, 2.05) is 11.0 Å². The molecule has 1 unspecified atom stereocenters. The lowest BCUT2D eigenvalue weighted by Gasteiger charge is -2.36. The topological polar surface area (TPSA) is 58.6 Å². The van der Waals surface area contributed by atoms with Gasteiger partial charge in [-0.15, -0.1) is 0 Å². The Morgan fingerprint density at radius 3 is 2.55 bits per heavy atom. The van der Waals surface area contributed by atoms with Gasteiger partial charge in [-0.1, -0.05) is 0 Å². The van der Waals surface area contributed by atoms with E-state index in [1.165, 1.54) is 0 Å². The Bertz CT molecular complexity index is 440. The Kier molecular flexibility index (Phi) is 4.11. The molecule has 0 N–H and O–H groups in total. The standard InChI is InChI=1S/C14H20N4O2/c19-13(12-4-1-2-11-20-12)17-7-9-18(10-8-17)14-15-5-3-6-16-14/h3,5-6,12H,1-2,4,7-11H2. The van der Waals surface area contributed by atoms with Crippen LogP contribution in [0.1, 0.15) is 19.3 Å². The van der Waals surface area contributed by atoms with Crippen LogP contribution in [0.2, 0.25) is 0 Å². The van der Waals surface area contributed by atoms with Crippen molar-refractivity contribution >= 4 is 11.9 Å². The van der Waals surface area contributed by atoms with Crippen LogP contribution in [0.15, 0.2) is 18.5 Å². The number of rotatable bonds is 2. The lowest BCUT2D eigenvalue weighted by Crippen LogP contribution is -2.52. The predicted octanol–water partition coefficient (Wildman–Crippen LogP) is 0.694. The molecule has 3 heterocycles. The minimum Gasteiger partial charge on any atom is -0.368 e. The quantitative estimate of drug-likeness (QED) is 0.795. The first kappa shape index (κ1) is 13.3. The number of carbonyl (C=O) groups is 1. The third kappa shape index (κ3) is 2.90. The lowest BCUT2D eigenvalue weighted by atomic mass is 10.1. The number of nitrogens with zero attached hydrogens (tertiary/aromatic N) is 4. The molecule has 6 nitrogen and oxygen atoms in total. The molecule has 1 aromatic heterocycles.